The molecule has 20 heavy (non-hydrogen) atoms. The summed E-state index contributed by atoms with van der Waals surface area (Å²) in [5, 5.41) is 2.74. The molecule has 7 heteroatoms. The van der Waals surface area contributed by atoms with E-state index in [9.17, 15) is 18.0 Å². The van der Waals surface area contributed by atoms with Crippen molar-refractivity contribution in [3.05, 3.63) is 36.0 Å². The molecule has 0 aliphatic rings. The highest BCUT2D eigenvalue weighted by Crippen LogP contribution is 2.17. The van der Waals surface area contributed by atoms with Crippen LogP contribution in [0.4, 0.5) is 13.2 Å². The molecule has 0 radical (unpaired) electrons. The molecule has 0 aliphatic heterocycles. The number of benzene rings is 1. The Morgan fingerprint density at radius 1 is 1.30 bits per heavy atom. The first kappa shape index (κ1) is 14.4. The summed E-state index contributed by atoms with van der Waals surface area (Å²) >= 11 is 0. The van der Waals surface area contributed by atoms with Gasteiger partial charge in [0, 0.05) is 18.3 Å². The molecule has 0 atom stereocenters. The first-order valence-electron chi connectivity index (χ1n) is 6.00. The van der Waals surface area contributed by atoms with Gasteiger partial charge in [0.25, 0.3) is 0 Å². The van der Waals surface area contributed by atoms with Crippen LogP contribution in [0.15, 0.2) is 30.5 Å². The van der Waals surface area contributed by atoms with Gasteiger partial charge in [0.15, 0.2) is 0 Å². The van der Waals surface area contributed by atoms with Crippen LogP contribution in [0.25, 0.3) is 10.9 Å². The molecular formula is C13H14F3N3O. The highest BCUT2D eigenvalue weighted by molar-refractivity contribution is 5.83. The summed E-state index contributed by atoms with van der Waals surface area (Å²) in [6, 6.07) is 7.31. The van der Waals surface area contributed by atoms with E-state index < -0.39 is 18.6 Å². The second-order valence-corrected chi connectivity index (χ2v) is 4.43. The number of nitrogens with two attached hydrogens (primary N) is 1. The van der Waals surface area contributed by atoms with Crippen molar-refractivity contribution in [1.82, 2.24) is 9.88 Å². The van der Waals surface area contributed by atoms with E-state index in [0.717, 1.165) is 16.5 Å². The Hall–Kier alpha value is -2.02. The van der Waals surface area contributed by atoms with Gasteiger partial charge in [-0.15, -0.1) is 0 Å². The van der Waals surface area contributed by atoms with Crippen LogP contribution in [-0.4, -0.2) is 23.2 Å². The fourth-order valence-electron chi connectivity index (χ4n) is 1.92. The lowest BCUT2D eigenvalue weighted by molar-refractivity contribution is -0.138. The van der Waals surface area contributed by atoms with Crippen LogP contribution in [0.5, 0.6) is 0 Å². The Bertz CT molecular complexity index is 619. The van der Waals surface area contributed by atoms with Crippen molar-refractivity contribution >= 4 is 16.8 Å². The van der Waals surface area contributed by atoms with Gasteiger partial charge in [-0.25, -0.2) is 0 Å². The van der Waals surface area contributed by atoms with Crippen LogP contribution >= 0.6 is 0 Å². The summed E-state index contributed by atoms with van der Waals surface area (Å²) in [6.45, 7) is -1.06. The number of halogens is 3. The zero-order chi connectivity index (χ0) is 14.8. The van der Waals surface area contributed by atoms with Gasteiger partial charge in [-0.3, -0.25) is 4.79 Å². The number of aromatic nitrogens is 1. The van der Waals surface area contributed by atoms with Crippen molar-refractivity contribution < 1.29 is 18.0 Å². The number of rotatable bonds is 4. The molecule has 0 bridgehead atoms. The summed E-state index contributed by atoms with van der Waals surface area (Å²) in [5.41, 5.74) is 7.27. The van der Waals surface area contributed by atoms with Gasteiger partial charge in [0.1, 0.15) is 13.1 Å². The molecular weight excluding hydrogens is 271 g/mol. The maximum absolute atomic E-state index is 12.0. The van der Waals surface area contributed by atoms with E-state index in [2.05, 4.69) is 0 Å². The molecule has 1 aromatic carbocycles. The van der Waals surface area contributed by atoms with Gasteiger partial charge >= 0.3 is 6.18 Å². The summed E-state index contributed by atoms with van der Waals surface area (Å²) in [7, 11) is 0. The molecule has 0 spiro atoms. The van der Waals surface area contributed by atoms with Crippen LogP contribution in [-0.2, 0) is 17.9 Å². The molecule has 0 aliphatic carbocycles. The van der Waals surface area contributed by atoms with Gasteiger partial charge in [0.2, 0.25) is 5.91 Å². The molecule has 0 saturated heterocycles. The molecule has 1 heterocycles. The van der Waals surface area contributed by atoms with E-state index in [4.69, 9.17) is 5.73 Å². The maximum Gasteiger partial charge on any atom is 0.405 e. The Morgan fingerprint density at radius 3 is 2.70 bits per heavy atom. The van der Waals surface area contributed by atoms with Gasteiger partial charge in [0.05, 0.1) is 0 Å². The number of hydrogen-bond donors (Lipinski definition) is 2. The third kappa shape index (κ3) is 3.51. The number of fused-ring (bicyclic) bond motifs is 1. The van der Waals surface area contributed by atoms with Crippen molar-refractivity contribution in [2.45, 2.75) is 19.3 Å². The SMILES string of the molecule is NCc1ccc2c(ccn2CC(=O)NCC(F)(F)F)c1. The smallest absolute Gasteiger partial charge is 0.345 e. The summed E-state index contributed by atoms with van der Waals surface area (Å²) in [5.74, 6) is -0.678. The van der Waals surface area contributed by atoms with Crippen LogP contribution < -0.4 is 11.1 Å². The van der Waals surface area contributed by atoms with E-state index in [1.54, 1.807) is 22.9 Å². The summed E-state index contributed by atoms with van der Waals surface area (Å²) < 4.78 is 37.6. The molecule has 0 saturated carbocycles. The van der Waals surface area contributed by atoms with Crippen LogP contribution in [0.3, 0.4) is 0 Å². The van der Waals surface area contributed by atoms with Crippen LogP contribution in [0.2, 0.25) is 0 Å². The van der Waals surface area contributed by atoms with Crippen molar-refractivity contribution in [1.29, 1.82) is 0 Å². The van der Waals surface area contributed by atoms with Crippen molar-refractivity contribution in [2.24, 2.45) is 5.73 Å². The lowest BCUT2D eigenvalue weighted by atomic mass is 10.1. The topological polar surface area (TPSA) is 60.0 Å². The first-order chi connectivity index (χ1) is 9.39. The fourth-order valence-corrected chi connectivity index (χ4v) is 1.92. The number of hydrogen-bond acceptors (Lipinski definition) is 2. The third-order valence-corrected chi connectivity index (χ3v) is 2.87. The van der Waals surface area contributed by atoms with Crippen LogP contribution in [0, 0.1) is 0 Å². The standard InChI is InChI=1S/C13H14F3N3O/c14-13(15,16)8-18-12(20)7-19-4-3-10-5-9(6-17)1-2-11(10)19/h1-5H,6-8,17H2,(H,18,20). The highest BCUT2D eigenvalue weighted by atomic mass is 19.4. The number of carbonyl (C=O) groups excluding carboxylic acids is 1. The molecule has 0 unspecified atom stereocenters. The van der Waals surface area contributed by atoms with Gasteiger partial charge in [-0.1, -0.05) is 6.07 Å². The second kappa shape index (κ2) is 5.54. The minimum absolute atomic E-state index is 0.151. The largest absolute Gasteiger partial charge is 0.405 e. The Kier molecular flexibility index (Phi) is 3.99. The van der Waals surface area contributed by atoms with Crippen molar-refractivity contribution in [2.75, 3.05) is 6.54 Å². The zero-order valence-electron chi connectivity index (χ0n) is 10.6. The lowest BCUT2D eigenvalue weighted by Gasteiger charge is -2.09. The molecule has 3 N–H and O–H groups in total. The lowest BCUT2D eigenvalue weighted by Crippen LogP contribution is -2.35. The highest BCUT2D eigenvalue weighted by Gasteiger charge is 2.27. The molecule has 2 rings (SSSR count). The quantitative estimate of drug-likeness (QED) is 0.899. The van der Waals surface area contributed by atoms with Gasteiger partial charge < -0.3 is 15.6 Å². The Labute approximate surface area is 113 Å². The average molecular weight is 285 g/mol. The summed E-state index contributed by atoms with van der Waals surface area (Å²) in [6.07, 6.45) is -2.73. The number of nitrogens with zero attached hydrogens (tertiary/aromatic N) is 1. The number of alkyl halides is 3. The molecule has 0 fully saturated rings. The van der Waals surface area contributed by atoms with E-state index in [-0.39, 0.29) is 6.54 Å². The monoisotopic (exact) mass is 285 g/mol. The van der Waals surface area contributed by atoms with E-state index in [1.807, 2.05) is 17.4 Å². The molecule has 108 valence electrons. The van der Waals surface area contributed by atoms with Gasteiger partial charge in [-0.05, 0) is 29.1 Å². The molecule has 4 nitrogen and oxygen atoms in total. The van der Waals surface area contributed by atoms with E-state index in [1.165, 1.54) is 0 Å². The fraction of sp³-hybridized carbons (Fsp3) is 0.308. The Balaban J connectivity index is 2.08. The normalized spacial score (nSPS) is 11.8. The maximum atomic E-state index is 12.0. The predicted octanol–water partition coefficient (Wildman–Crippen LogP) is 1.78. The van der Waals surface area contributed by atoms with Crippen LogP contribution in [0.1, 0.15) is 5.56 Å². The predicted molar refractivity (Wildman–Crippen MR) is 68.9 cm³/mol. The molecule has 2 aromatic rings. The Morgan fingerprint density at radius 2 is 2.05 bits per heavy atom. The number of amides is 1. The van der Waals surface area contributed by atoms with E-state index >= 15 is 0 Å². The molecule has 1 amide bonds. The molecule has 1 aromatic heterocycles. The minimum Gasteiger partial charge on any atom is -0.345 e. The minimum atomic E-state index is -4.40. The van der Waals surface area contributed by atoms with Crippen molar-refractivity contribution in [3.8, 4) is 0 Å². The van der Waals surface area contributed by atoms with E-state index in [0.29, 0.717) is 6.54 Å². The zero-order valence-corrected chi connectivity index (χ0v) is 10.6. The summed E-state index contributed by atoms with van der Waals surface area (Å²) in [4.78, 5) is 11.5. The first-order valence-corrected chi connectivity index (χ1v) is 6.00. The third-order valence-electron chi connectivity index (χ3n) is 2.87. The van der Waals surface area contributed by atoms with Gasteiger partial charge in [-0.2, -0.15) is 13.2 Å². The van der Waals surface area contributed by atoms with Crippen molar-refractivity contribution in [3.63, 3.8) is 0 Å². The number of nitrogens with one attached hydrogen (secondary N) is 1. The second-order valence-electron chi connectivity index (χ2n) is 4.43. The average Bonchev–Trinajstić information content (AvgIpc) is 2.78. The number of carbonyl (C=O) groups is 1.